The molecule has 1 aliphatic heterocycles. The normalized spacial score (nSPS) is 15.8. The van der Waals surface area contributed by atoms with E-state index in [0.717, 1.165) is 36.3 Å². The zero-order valence-corrected chi connectivity index (χ0v) is 22.4. The molecule has 38 heavy (non-hydrogen) atoms. The summed E-state index contributed by atoms with van der Waals surface area (Å²) in [4.78, 5) is 29.1. The van der Waals surface area contributed by atoms with Crippen LogP contribution >= 0.6 is 11.6 Å². The molecule has 4 aromatic rings. The monoisotopic (exact) mass is 533 g/mol. The lowest BCUT2D eigenvalue weighted by atomic mass is 10.0. The Morgan fingerprint density at radius 1 is 1.18 bits per heavy atom. The Balaban J connectivity index is 1.54. The van der Waals surface area contributed by atoms with Crippen LogP contribution in [0.2, 0.25) is 5.02 Å². The van der Waals surface area contributed by atoms with Crippen LogP contribution in [-0.2, 0) is 13.0 Å². The summed E-state index contributed by atoms with van der Waals surface area (Å²) in [6.45, 7) is 5.25. The van der Waals surface area contributed by atoms with Gasteiger partial charge >= 0.3 is 0 Å². The van der Waals surface area contributed by atoms with Gasteiger partial charge < -0.3 is 19.9 Å². The number of carbonyl (C=O) groups is 1. The van der Waals surface area contributed by atoms with E-state index in [-0.39, 0.29) is 30.0 Å². The number of aromatic nitrogens is 3. The lowest BCUT2D eigenvalue weighted by Crippen LogP contribution is -2.43. The van der Waals surface area contributed by atoms with Gasteiger partial charge in [-0.2, -0.15) is 0 Å². The number of nitrogens with two attached hydrogens (primary N) is 1. The second kappa shape index (κ2) is 11.0. The minimum atomic E-state index is -0.280. The average Bonchev–Trinajstić information content (AvgIpc) is 3.26. The van der Waals surface area contributed by atoms with Crippen molar-refractivity contribution in [2.24, 2.45) is 5.73 Å². The molecule has 0 spiro atoms. The molecular weight excluding hydrogens is 502 g/mol. The van der Waals surface area contributed by atoms with Crippen molar-refractivity contribution in [3.8, 4) is 5.75 Å². The smallest absolute Gasteiger partial charge is 0.277 e. The number of halogens is 1. The van der Waals surface area contributed by atoms with Crippen molar-refractivity contribution in [1.29, 1.82) is 0 Å². The van der Waals surface area contributed by atoms with E-state index in [4.69, 9.17) is 27.2 Å². The molecule has 0 unspecified atom stereocenters. The van der Waals surface area contributed by atoms with E-state index in [1.54, 1.807) is 35.1 Å². The fourth-order valence-corrected chi connectivity index (χ4v) is 5.18. The lowest BCUT2D eigenvalue weighted by Gasteiger charge is -2.31. The first-order valence-electron chi connectivity index (χ1n) is 12.9. The Morgan fingerprint density at radius 3 is 2.76 bits per heavy atom. The maximum atomic E-state index is 13.8. The number of fused-ring (bicyclic) bond motifs is 1. The lowest BCUT2D eigenvalue weighted by molar-refractivity contribution is 0.0970. The third-order valence-electron chi connectivity index (χ3n) is 6.76. The van der Waals surface area contributed by atoms with Crippen molar-refractivity contribution in [1.82, 2.24) is 14.2 Å². The number of hydrogen-bond acceptors (Lipinski definition) is 6. The summed E-state index contributed by atoms with van der Waals surface area (Å²) in [5.41, 5.74) is 8.61. The molecule has 198 valence electrons. The fraction of sp³-hybridized carbons (Fsp3) is 0.345. The van der Waals surface area contributed by atoms with Crippen LogP contribution in [0, 0.1) is 0 Å². The van der Waals surface area contributed by atoms with E-state index >= 15 is 0 Å². The number of rotatable bonds is 8. The number of anilines is 1. The van der Waals surface area contributed by atoms with Crippen molar-refractivity contribution in [2.75, 3.05) is 18.0 Å². The van der Waals surface area contributed by atoms with E-state index in [0.29, 0.717) is 34.8 Å². The highest BCUT2D eigenvalue weighted by molar-refractivity contribution is 6.31. The summed E-state index contributed by atoms with van der Waals surface area (Å²) in [5.74, 6) is 1.18. The minimum Gasteiger partial charge on any atom is -0.491 e. The molecule has 1 aliphatic rings. The topological polar surface area (TPSA) is 94.9 Å². The SMILES string of the molecule is CC(C)Oc1cccc(C(=O)Cn2ccn3nc(N4CCC[C@@H](N)C4)c(Cc4ccccc4Cl)c3c2=O)c1. The van der Waals surface area contributed by atoms with Crippen LogP contribution in [0.15, 0.2) is 65.7 Å². The number of piperidine rings is 1. The summed E-state index contributed by atoms with van der Waals surface area (Å²) in [6, 6.07) is 14.7. The second-order valence-corrected chi connectivity index (χ2v) is 10.5. The number of benzene rings is 2. The number of hydrogen-bond donors (Lipinski definition) is 1. The van der Waals surface area contributed by atoms with Gasteiger partial charge in [-0.1, -0.05) is 41.9 Å². The number of ketones is 1. The number of carbonyl (C=O) groups excluding carboxylic acids is 1. The fourth-order valence-electron chi connectivity index (χ4n) is 4.98. The van der Waals surface area contributed by atoms with Crippen molar-refractivity contribution in [3.63, 3.8) is 0 Å². The standard InChI is InChI=1S/C29H32ClN5O3/c1-19(2)38-23-10-5-8-21(15-23)26(36)18-34-13-14-35-27(29(34)37)24(16-20-7-3-4-11-25(20)30)28(32-35)33-12-6-9-22(31)17-33/h3-5,7-8,10-11,13-15,19,22H,6,9,12,16-18,31H2,1-2H3/t22-/m1/s1. The zero-order chi connectivity index (χ0) is 26.8. The van der Waals surface area contributed by atoms with Crippen LogP contribution in [0.4, 0.5) is 5.82 Å². The predicted molar refractivity (Wildman–Crippen MR) is 150 cm³/mol. The Morgan fingerprint density at radius 2 is 2.00 bits per heavy atom. The molecule has 3 heterocycles. The third-order valence-corrected chi connectivity index (χ3v) is 7.13. The minimum absolute atomic E-state index is 0.00701. The summed E-state index contributed by atoms with van der Waals surface area (Å²) in [6.07, 6.45) is 5.69. The van der Waals surface area contributed by atoms with E-state index in [2.05, 4.69) is 4.90 Å². The van der Waals surface area contributed by atoms with Gasteiger partial charge in [0.15, 0.2) is 11.6 Å². The van der Waals surface area contributed by atoms with Crippen LogP contribution in [0.25, 0.3) is 5.52 Å². The summed E-state index contributed by atoms with van der Waals surface area (Å²) < 4.78 is 8.78. The average molecular weight is 534 g/mol. The van der Waals surface area contributed by atoms with Crippen molar-refractivity contribution in [2.45, 2.75) is 51.8 Å². The van der Waals surface area contributed by atoms with Crippen molar-refractivity contribution < 1.29 is 9.53 Å². The molecule has 2 aromatic carbocycles. The molecule has 0 saturated carbocycles. The van der Waals surface area contributed by atoms with Crippen molar-refractivity contribution >= 4 is 28.7 Å². The van der Waals surface area contributed by atoms with Gasteiger partial charge in [-0.25, -0.2) is 4.52 Å². The summed E-state index contributed by atoms with van der Waals surface area (Å²) in [7, 11) is 0. The predicted octanol–water partition coefficient (Wildman–Crippen LogP) is 4.34. The molecule has 2 N–H and O–H groups in total. The molecule has 2 aromatic heterocycles. The number of ether oxygens (including phenoxy) is 1. The molecule has 0 aliphatic carbocycles. The molecule has 8 nitrogen and oxygen atoms in total. The van der Waals surface area contributed by atoms with E-state index in [1.165, 1.54) is 4.57 Å². The van der Waals surface area contributed by atoms with Gasteiger partial charge in [0.1, 0.15) is 11.3 Å². The summed E-state index contributed by atoms with van der Waals surface area (Å²) in [5, 5.41) is 5.43. The van der Waals surface area contributed by atoms with Gasteiger partial charge in [-0.15, -0.1) is 5.10 Å². The molecule has 0 amide bonds. The van der Waals surface area contributed by atoms with Crippen molar-refractivity contribution in [3.05, 3.63) is 93.0 Å². The van der Waals surface area contributed by atoms with Gasteiger partial charge in [0.25, 0.3) is 5.56 Å². The van der Waals surface area contributed by atoms with Crippen LogP contribution in [0.5, 0.6) is 5.75 Å². The van der Waals surface area contributed by atoms with Gasteiger partial charge in [0, 0.05) is 54.1 Å². The van der Waals surface area contributed by atoms with Crippen LogP contribution < -0.4 is 20.9 Å². The van der Waals surface area contributed by atoms with Crippen LogP contribution in [0.3, 0.4) is 0 Å². The van der Waals surface area contributed by atoms with Gasteiger partial charge in [0.2, 0.25) is 0 Å². The second-order valence-electron chi connectivity index (χ2n) is 10.1. The van der Waals surface area contributed by atoms with E-state index in [9.17, 15) is 9.59 Å². The highest BCUT2D eigenvalue weighted by Gasteiger charge is 2.26. The Labute approximate surface area is 226 Å². The molecule has 0 radical (unpaired) electrons. The molecule has 1 saturated heterocycles. The van der Waals surface area contributed by atoms with Gasteiger partial charge in [-0.3, -0.25) is 9.59 Å². The summed E-state index contributed by atoms with van der Waals surface area (Å²) >= 11 is 6.51. The van der Waals surface area contributed by atoms with Crippen LogP contribution in [0.1, 0.15) is 48.2 Å². The Bertz CT molecular complexity index is 1530. The Hall–Kier alpha value is -3.62. The highest BCUT2D eigenvalue weighted by Crippen LogP contribution is 2.29. The first kappa shape index (κ1) is 26.0. The molecule has 0 bridgehead atoms. The molecule has 1 fully saturated rings. The first-order valence-corrected chi connectivity index (χ1v) is 13.3. The maximum absolute atomic E-state index is 13.8. The molecular formula is C29H32ClN5O3. The zero-order valence-electron chi connectivity index (χ0n) is 21.6. The van der Waals surface area contributed by atoms with E-state index in [1.807, 2.05) is 44.2 Å². The van der Waals surface area contributed by atoms with Gasteiger partial charge in [0.05, 0.1) is 12.6 Å². The molecule has 5 rings (SSSR count). The van der Waals surface area contributed by atoms with Gasteiger partial charge in [-0.05, 0) is 50.5 Å². The highest BCUT2D eigenvalue weighted by atomic mass is 35.5. The molecule has 9 heteroatoms. The first-order chi connectivity index (χ1) is 18.3. The molecule has 1 atom stereocenters. The largest absolute Gasteiger partial charge is 0.491 e. The van der Waals surface area contributed by atoms with Crippen LogP contribution in [-0.4, -0.2) is 45.2 Å². The quantitative estimate of drug-likeness (QED) is 0.339. The number of nitrogens with zero attached hydrogens (tertiary/aromatic N) is 4. The third kappa shape index (κ3) is 5.47. The number of Topliss-reactive ketones (excluding diaryl/α,β-unsaturated/α-hetero) is 1. The Kier molecular flexibility index (Phi) is 7.53. The maximum Gasteiger partial charge on any atom is 0.277 e. The van der Waals surface area contributed by atoms with E-state index < -0.39 is 0 Å².